The predicted octanol–water partition coefficient (Wildman–Crippen LogP) is 3.21. The third-order valence-corrected chi connectivity index (χ3v) is 5.14. The highest BCUT2D eigenvalue weighted by molar-refractivity contribution is 7.19. The molecule has 0 bridgehead atoms. The Hall–Kier alpha value is -0.890. The van der Waals surface area contributed by atoms with Gasteiger partial charge in [0.05, 0.1) is 25.5 Å². The van der Waals surface area contributed by atoms with Gasteiger partial charge in [0, 0.05) is 13.1 Å². The Labute approximate surface area is 139 Å². The second-order valence-corrected chi connectivity index (χ2v) is 7.26. The van der Waals surface area contributed by atoms with Crippen molar-refractivity contribution in [2.45, 2.75) is 38.1 Å². The molecule has 0 atom stereocenters. The number of ether oxygens (including phenoxy) is 1. The smallest absolute Gasteiger partial charge is 0.338 e. The summed E-state index contributed by atoms with van der Waals surface area (Å²) in [5.74, 6) is 0. The highest BCUT2D eigenvalue weighted by atomic mass is 35.5. The molecule has 6 nitrogen and oxygen atoms in total. The van der Waals surface area contributed by atoms with Crippen LogP contribution in [0.25, 0.3) is 0 Å². The third kappa shape index (κ3) is 3.90. The molecule has 0 aromatic carbocycles. The van der Waals surface area contributed by atoms with Crippen LogP contribution in [0.15, 0.2) is 6.20 Å². The Morgan fingerprint density at radius 3 is 2.73 bits per heavy atom. The van der Waals surface area contributed by atoms with Crippen molar-refractivity contribution in [2.75, 3.05) is 31.6 Å². The number of thiazole rings is 1. The van der Waals surface area contributed by atoms with E-state index in [0.717, 1.165) is 25.9 Å². The second kappa shape index (κ2) is 7.59. The lowest BCUT2D eigenvalue weighted by Gasteiger charge is -2.43. The Morgan fingerprint density at radius 2 is 2.09 bits per heavy atom. The highest BCUT2D eigenvalue weighted by Crippen LogP contribution is 2.27. The molecule has 2 aliphatic rings. The van der Waals surface area contributed by atoms with E-state index in [1.165, 1.54) is 30.6 Å². The van der Waals surface area contributed by atoms with E-state index >= 15 is 0 Å². The number of hydrogen-bond acceptors (Lipinski definition) is 5. The van der Waals surface area contributed by atoms with Gasteiger partial charge in [-0.05, 0) is 12.8 Å². The molecule has 2 fully saturated rings. The molecular formula is C14H21ClN4O2S. The minimum Gasteiger partial charge on any atom is -0.379 e. The van der Waals surface area contributed by atoms with Gasteiger partial charge in [0.1, 0.15) is 4.34 Å². The summed E-state index contributed by atoms with van der Waals surface area (Å²) in [6.07, 6.45) is 7.30. The molecule has 0 spiro atoms. The Bertz CT molecular complexity index is 483. The number of aromatic nitrogens is 1. The minimum absolute atomic E-state index is 0.111. The van der Waals surface area contributed by atoms with Gasteiger partial charge in [-0.1, -0.05) is 42.2 Å². The van der Waals surface area contributed by atoms with Crippen LogP contribution in [0.3, 0.4) is 0 Å². The van der Waals surface area contributed by atoms with E-state index in [2.05, 4.69) is 15.3 Å². The highest BCUT2D eigenvalue weighted by Gasteiger charge is 2.31. The molecule has 1 aliphatic heterocycles. The van der Waals surface area contributed by atoms with Crippen molar-refractivity contribution >= 4 is 34.1 Å². The second-order valence-electron chi connectivity index (χ2n) is 5.60. The van der Waals surface area contributed by atoms with Crippen LogP contribution < -0.4 is 5.32 Å². The number of anilines is 1. The van der Waals surface area contributed by atoms with Crippen molar-refractivity contribution in [2.24, 2.45) is 0 Å². The fourth-order valence-corrected chi connectivity index (χ4v) is 3.88. The first-order valence-corrected chi connectivity index (χ1v) is 8.97. The molecule has 1 saturated heterocycles. The summed E-state index contributed by atoms with van der Waals surface area (Å²) in [6, 6.07) is 0.155. The van der Waals surface area contributed by atoms with Crippen LogP contribution in [-0.2, 0) is 4.74 Å². The van der Waals surface area contributed by atoms with Crippen molar-refractivity contribution in [1.29, 1.82) is 0 Å². The molecule has 0 unspecified atom stereocenters. The average Bonchev–Trinajstić information content (AvgIpc) is 2.95. The van der Waals surface area contributed by atoms with E-state index in [4.69, 9.17) is 16.3 Å². The van der Waals surface area contributed by atoms with Crippen LogP contribution in [-0.4, -0.2) is 53.4 Å². The lowest BCUT2D eigenvalue weighted by Crippen LogP contribution is -2.57. The van der Waals surface area contributed by atoms with Crippen molar-refractivity contribution < 1.29 is 9.53 Å². The zero-order chi connectivity index (χ0) is 15.4. The molecule has 22 heavy (non-hydrogen) atoms. The third-order valence-electron chi connectivity index (χ3n) is 4.11. The van der Waals surface area contributed by atoms with E-state index < -0.39 is 0 Å². The summed E-state index contributed by atoms with van der Waals surface area (Å²) >= 11 is 7.16. The molecular weight excluding hydrogens is 324 g/mol. The topological polar surface area (TPSA) is 57.7 Å². The maximum absolute atomic E-state index is 12.8. The summed E-state index contributed by atoms with van der Waals surface area (Å²) < 4.78 is 5.99. The number of urea groups is 1. The molecule has 2 amide bonds. The average molecular weight is 345 g/mol. The fourth-order valence-electron chi connectivity index (χ4n) is 3.08. The standard InChI is InChI=1S/C14H21ClN4O2S/c15-12-10-16-13(22-12)17-14(20)19(11-4-2-1-3-5-11)18-6-8-21-9-7-18/h10-11H,1-9H2,(H,16,17,20). The maximum Gasteiger partial charge on any atom is 0.338 e. The lowest BCUT2D eigenvalue weighted by atomic mass is 9.95. The molecule has 122 valence electrons. The first-order chi connectivity index (χ1) is 10.7. The normalized spacial score (nSPS) is 20.8. The summed E-state index contributed by atoms with van der Waals surface area (Å²) in [4.78, 5) is 16.9. The number of nitrogens with zero attached hydrogens (tertiary/aromatic N) is 3. The largest absolute Gasteiger partial charge is 0.379 e. The molecule has 1 N–H and O–H groups in total. The number of amides is 2. The maximum atomic E-state index is 12.8. The van der Waals surface area contributed by atoms with Gasteiger partial charge in [-0.2, -0.15) is 0 Å². The molecule has 8 heteroatoms. The lowest BCUT2D eigenvalue weighted by molar-refractivity contribution is -0.0847. The molecule has 3 rings (SSSR count). The van der Waals surface area contributed by atoms with Crippen LogP contribution >= 0.6 is 22.9 Å². The van der Waals surface area contributed by atoms with Crippen molar-refractivity contribution in [3.63, 3.8) is 0 Å². The predicted molar refractivity (Wildman–Crippen MR) is 87.2 cm³/mol. The van der Waals surface area contributed by atoms with Crippen LogP contribution in [0.4, 0.5) is 9.93 Å². The Balaban J connectivity index is 1.72. The monoisotopic (exact) mass is 344 g/mol. The Morgan fingerprint density at radius 1 is 1.36 bits per heavy atom. The SMILES string of the molecule is O=C(Nc1ncc(Cl)s1)N(C1CCCCC1)N1CCOCC1. The molecule has 1 aromatic heterocycles. The number of morpholine rings is 1. The van der Waals surface area contributed by atoms with Crippen LogP contribution in [0.1, 0.15) is 32.1 Å². The van der Waals surface area contributed by atoms with Crippen molar-refractivity contribution in [1.82, 2.24) is 15.0 Å². The summed E-state index contributed by atoms with van der Waals surface area (Å²) in [7, 11) is 0. The summed E-state index contributed by atoms with van der Waals surface area (Å²) in [5.41, 5.74) is 0. The quantitative estimate of drug-likeness (QED) is 0.914. The van der Waals surface area contributed by atoms with Crippen molar-refractivity contribution in [3.05, 3.63) is 10.5 Å². The zero-order valence-electron chi connectivity index (χ0n) is 12.5. The van der Waals surface area contributed by atoms with E-state index in [9.17, 15) is 4.79 Å². The van der Waals surface area contributed by atoms with Crippen molar-refractivity contribution in [3.8, 4) is 0 Å². The first-order valence-electron chi connectivity index (χ1n) is 7.78. The van der Waals surface area contributed by atoms with Gasteiger partial charge in [0.15, 0.2) is 5.13 Å². The summed E-state index contributed by atoms with van der Waals surface area (Å²) in [5, 5.41) is 7.45. The van der Waals surface area contributed by atoms with E-state index in [0.29, 0.717) is 22.7 Å². The summed E-state index contributed by atoms with van der Waals surface area (Å²) in [6.45, 7) is 2.84. The van der Waals surface area contributed by atoms with Gasteiger partial charge in [-0.15, -0.1) is 0 Å². The molecule has 1 aliphatic carbocycles. The van der Waals surface area contributed by atoms with Gasteiger partial charge in [-0.25, -0.2) is 14.8 Å². The first kappa shape index (κ1) is 16.0. The molecule has 1 aromatic rings. The zero-order valence-corrected chi connectivity index (χ0v) is 14.0. The van der Waals surface area contributed by atoms with E-state index in [1.807, 2.05) is 5.01 Å². The van der Waals surface area contributed by atoms with Gasteiger partial charge < -0.3 is 4.74 Å². The molecule has 2 heterocycles. The van der Waals surface area contributed by atoms with E-state index in [1.54, 1.807) is 6.20 Å². The van der Waals surface area contributed by atoms with Crippen LogP contribution in [0.2, 0.25) is 4.34 Å². The number of hydrogen-bond donors (Lipinski definition) is 1. The number of nitrogens with one attached hydrogen (secondary N) is 1. The fraction of sp³-hybridized carbons (Fsp3) is 0.714. The van der Waals surface area contributed by atoms with Crippen LogP contribution in [0, 0.1) is 0 Å². The Kier molecular flexibility index (Phi) is 5.51. The van der Waals surface area contributed by atoms with Crippen LogP contribution in [0.5, 0.6) is 0 Å². The molecule has 1 saturated carbocycles. The number of carbonyl (C=O) groups excluding carboxylic acids is 1. The van der Waals surface area contributed by atoms with Gasteiger partial charge in [-0.3, -0.25) is 10.3 Å². The number of carbonyl (C=O) groups is 1. The number of halogens is 1. The minimum atomic E-state index is -0.111. The number of hydrazine groups is 1. The molecule has 0 radical (unpaired) electrons. The van der Waals surface area contributed by atoms with Gasteiger partial charge >= 0.3 is 6.03 Å². The van der Waals surface area contributed by atoms with E-state index in [-0.39, 0.29) is 12.1 Å². The van der Waals surface area contributed by atoms with Gasteiger partial charge in [0.2, 0.25) is 0 Å². The van der Waals surface area contributed by atoms with Gasteiger partial charge in [0.25, 0.3) is 0 Å². The number of rotatable bonds is 3.